The van der Waals surface area contributed by atoms with Gasteiger partial charge in [-0.25, -0.2) is 4.79 Å². The molecule has 0 bridgehead atoms. The summed E-state index contributed by atoms with van der Waals surface area (Å²) in [6.07, 6.45) is -0.344. The Kier molecular flexibility index (Phi) is 6.59. The van der Waals surface area contributed by atoms with Gasteiger partial charge in [0.2, 0.25) is 11.8 Å². The Hall–Kier alpha value is -2.33. The maximum absolute atomic E-state index is 11.8. The third-order valence-electron chi connectivity index (χ3n) is 3.81. The second-order valence-electron chi connectivity index (χ2n) is 5.64. The Bertz CT molecular complexity index is 544. The van der Waals surface area contributed by atoms with Gasteiger partial charge >= 0.3 is 5.97 Å². The van der Waals surface area contributed by atoms with Gasteiger partial charge in [-0.2, -0.15) is 0 Å². The van der Waals surface area contributed by atoms with Crippen molar-refractivity contribution in [2.45, 2.75) is 51.2 Å². The number of rotatable bonds is 9. The van der Waals surface area contributed by atoms with Crippen molar-refractivity contribution >= 4 is 29.6 Å². The van der Waals surface area contributed by atoms with E-state index in [9.17, 15) is 24.0 Å². The molecule has 0 radical (unpaired) electrons. The molecule has 138 valence electrons. The Labute approximate surface area is 143 Å². The number of amides is 4. The Morgan fingerprint density at radius 2 is 1.56 bits per heavy atom. The first-order valence-corrected chi connectivity index (χ1v) is 8.08. The molecule has 0 spiro atoms. The number of hydrogen-bond acceptors (Lipinski definition) is 8. The molecule has 2 saturated heterocycles. The molecule has 25 heavy (non-hydrogen) atoms. The van der Waals surface area contributed by atoms with Gasteiger partial charge in [-0.1, -0.05) is 0 Å². The lowest BCUT2D eigenvalue weighted by Gasteiger charge is -2.26. The van der Waals surface area contributed by atoms with Crippen LogP contribution in [0.4, 0.5) is 0 Å². The lowest BCUT2D eigenvalue weighted by molar-refractivity contribution is -0.197. The van der Waals surface area contributed by atoms with Crippen LogP contribution in [0, 0.1) is 0 Å². The van der Waals surface area contributed by atoms with Crippen molar-refractivity contribution in [1.82, 2.24) is 9.96 Å². The smallest absolute Gasteiger partial charge is 0.333 e. The van der Waals surface area contributed by atoms with E-state index in [0.29, 0.717) is 5.06 Å². The highest BCUT2D eigenvalue weighted by Crippen LogP contribution is 2.20. The summed E-state index contributed by atoms with van der Waals surface area (Å²) in [6.45, 7) is -0.323. The van der Waals surface area contributed by atoms with E-state index >= 15 is 0 Å². The maximum atomic E-state index is 11.8. The van der Waals surface area contributed by atoms with E-state index in [-0.39, 0.29) is 70.0 Å². The van der Waals surface area contributed by atoms with Crippen LogP contribution in [-0.4, -0.2) is 64.1 Å². The van der Waals surface area contributed by atoms with Crippen LogP contribution in [0.15, 0.2) is 0 Å². The van der Waals surface area contributed by atoms with Crippen molar-refractivity contribution in [1.29, 1.82) is 0 Å². The zero-order chi connectivity index (χ0) is 18.4. The van der Waals surface area contributed by atoms with E-state index in [1.807, 2.05) is 0 Å². The molecule has 2 aliphatic heterocycles. The minimum Gasteiger partial charge on any atom is -0.394 e. The topological polar surface area (TPSA) is 131 Å². The summed E-state index contributed by atoms with van der Waals surface area (Å²) >= 11 is 0. The van der Waals surface area contributed by atoms with Gasteiger partial charge in [0.15, 0.2) is 0 Å². The van der Waals surface area contributed by atoms with E-state index in [1.54, 1.807) is 0 Å². The van der Waals surface area contributed by atoms with Crippen molar-refractivity contribution < 1.29 is 38.7 Å². The third-order valence-corrected chi connectivity index (χ3v) is 3.81. The SMILES string of the molecule is O=C(CCCC(OCCO)N1C(=O)CCC1=O)ON1C(=O)CCC1=O. The fourth-order valence-electron chi connectivity index (χ4n) is 2.62. The summed E-state index contributed by atoms with van der Waals surface area (Å²) in [5.74, 6) is -2.59. The second-order valence-corrected chi connectivity index (χ2v) is 5.64. The lowest BCUT2D eigenvalue weighted by atomic mass is 10.2. The predicted molar refractivity (Wildman–Crippen MR) is 78.9 cm³/mol. The largest absolute Gasteiger partial charge is 0.394 e. The fourth-order valence-corrected chi connectivity index (χ4v) is 2.62. The standard InChI is InChI=1S/C15H20N2O8/c18-8-9-24-14(16-10(19)4-5-11(16)20)2-1-3-15(23)25-17-12(21)6-7-13(17)22/h14,18H,1-9H2. The van der Waals surface area contributed by atoms with Crippen LogP contribution in [0.1, 0.15) is 44.9 Å². The first-order valence-electron chi connectivity index (χ1n) is 8.08. The molecule has 10 nitrogen and oxygen atoms in total. The van der Waals surface area contributed by atoms with Crippen LogP contribution in [0.2, 0.25) is 0 Å². The fraction of sp³-hybridized carbons (Fsp3) is 0.667. The van der Waals surface area contributed by atoms with Gasteiger partial charge in [0, 0.05) is 32.1 Å². The maximum Gasteiger partial charge on any atom is 0.333 e. The zero-order valence-corrected chi connectivity index (χ0v) is 13.6. The number of imide groups is 2. The van der Waals surface area contributed by atoms with Crippen LogP contribution in [-0.2, 0) is 33.5 Å². The van der Waals surface area contributed by atoms with Crippen LogP contribution in [0.25, 0.3) is 0 Å². The molecule has 0 saturated carbocycles. The number of aliphatic hydroxyl groups excluding tert-OH is 1. The minimum absolute atomic E-state index is 0.0162. The summed E-state index contributed by atoms with van der Waals surface area (Å²) in [6, 6.07) is 0. The predicted octanol–water partition coefficient (Wildman–Crippen LogP) is -0.752. The third kappa shape index (κ3) is 4.83. The molecule has 1 unspecified atom stereocenters. The minimum atomic E-state index is -0.863. The van der Waals surface area contributed by atoms with E-state index < -0.39 is 24.0 Å². The van der Waals surface area contributed by atoms with Crippen molar-refractivity contribution in [3.05, 3.63) is 0 Å². The van der Waals surface area contributed by atoms with E-state index in [0.717, 1.165) is 4.90 Å². The summed E-state index contributed by atoms with van der Waals surface area (Å²) in [7, 11) is 0. The van der Waals surface area contributed by atoms with Gasteiger partial charge in [-0.3, -0.25) is 24.1 Å². The summed E-state index contributed by atoms with van der Waals surface area (Å²) in [5, 5.41) is 9.32. The van der Waals surface area contributed by atoms with Crippen LogP contribution in [0.5, 0.6) is 0 Å². The highest BCUT2D eigenvalue weighted by atomic mass is 16.7. The number of carbonyl (C=O) groups excluding carboxylic acids is 5. The highest BCUT2D eigenvalue weighted by Gasteiger charge is 2.36. The summed E-state index contributed by atoms with van der Waals surface area (Å²) in [4.78, 5) is 63.8. The number of aliphatic hydroxyl groups is 1. The molecule has 0 aliphatic carbocycles. The number of carbonyl (C=O) groups is 5. The monoisotopic (exact) mass is 356 g/mol. The number of hydroxylamine groups is 2. The van der Waals surface area contributed by atoms with Gasteiger partial charge < -0.3 is 14.7 Å². The number of hydrogen-bond donors (Lipinski definition) is 1. The zero-order valence-electron chi connectivity index (χ0n) is 13.6. The molecule has 4 amide bonds. The Morgan fingerprint density at radius 3 is 2.12 bits per heavy atom. The molecular formula is C15H20N2O8. The first-order chi connectivity index (χ1) is 11.9. The summed E-state index contributed by atoms with van der Waals surface area (Å²) < 4.78 is 5.33. The van der Waals surface area contributed by atoms with E-state index in [2.05, 4.69) is 0 Å². The average Bonchev–Trinajstić information content (AvgIpc) is 3.07. The molecule has 0 aromatic rings. The van der Waals surface area contributed by atoms with Gasteiger partial charge in [0.1, 0.15) is 6.23 Å². The van der Waals surface area contributed by atoms with Crippen LogP contribution >= 0.6 is 0 Å². The van der Waals surface area contributed by atoms with Crippen LogP contribution < -0.4 is 0 Å². The van der Waals surface area contributed by atoms with Crippen molar-refractivity contribution in [2.24, 2.45) is 0 Å². The van der Waals surface area contributed by atoms with Gasteiger partial charge in [0.25, 0.3) is 11.8 Å². The molecular weight excluding hydrogens is 336 g/mol. The van der Waals surface area contributed by atoms with Crippen molar-refractivity contribution in [2.75, 3.05) is 13.2 Å². The van der Waals surface area contributed by atoms with E-state index in [1.165, 1.54) is 0 Å². The Morgan fingerprint density at radius 1 is 1.00 bits per heavy atom. The lowest BCUT2D eigenvalue weighted by Crippen LogP contribution is -2.41. The summed E-state index contributed by atoms with van der Waals surface area (Å²) in [5.41, 5.74) is 0. The molecule has 2 rings (SSSR count). The number of likely N-dealkylation sites (tertiary alicyclic amines) is 1. The molecule has 1 N–H and O–H groups in total. The van der Waals surface area contributed by atoms with Gasteiger partial charge in [-0.05, 0) is 12.8 Å². The number of nitrogens with zero attached hydrogens (tertiary/aromatic N) is 2. The van der Waals surface area contributed by atoms with Crippen molar-refractivity contribution in [3.63, 3.8) is 0 Å². The van der Waals surface area contributed by atoms with E-state index in [4.69, 9.17) is 14.7 Å². The highest BCUT2D eigenvalue weighted by molar-refractivity contribution is 6.02. The normalized spacial score (nSPS) is 19.1. The first kappa shape index (κ1) is 19.0. The van der Waals surface area contributed by atoms with Crippen LogP contribution in [0.3, 0.4) is 0 Å². The molecule has 2 fully saturated rings. The molecule has 10 heteroatoms. The Balaban J connectivity index is 1.82. The molecule has 2 aliphatic rings. The quantitative estimate of drug-likeness (QED) is 0.534. The molecule has 0 aromatic heterocycles. The van der Waals surface area contributed by atoms with Crippen molar-refractivity contribution in [3.8, 4) is 0 Å². The van der Waals surface area contributed by atoms with Gasteiger partial charge in [-0.15, -0.1) is 5.06 Å². The molecule has 1 atom stereocenters. The second kappa shape index (κ2) is 8.67. The number of ether oxygens (including phenoxy) is 1. The average molecular weight is 356 g/mol. The molecule has 0 aromatic carbocycles. The van der Waals surface area contributed by atoms with Gasteiger partial charge in [0.05, 0.1) is 13.2 Å². The molecule has 2 heterocycles.